The van der Waals surface area contributed by atoms with Crippen molar-refractivity contribution >= 4 is 17.2 Å². The summed E-state index contributed by atoms with van der Waals surface area (Å²) in [4.78, 5) is 16.0. The third-order valence-electron chi connectivity index (χ3n) is 1.58. The molecule has 0 spiro atoms. The molecule has 12 heavy (non-hydrogen) atoms. The summed E-state index contributed by atoms with van der Waals surface area (Å²) in [5.74, 6) is 0.0795. The maximum Gasteiger partial charge on any atom is 0.220 e. The Morgan fingerprint density at radius 2 is 2.58 bits per heavy atom. The molecule has 0 radical (unpaired) electrons. The van der Waals surface area contributed by atoms with Crippen molar-refractivity contribution in [3.05, 3.63) is 16.6 Å². The van der Waals surface area contributed by atoms with Crippen LogP contribution in [0.4, 0.5) is 0 Å². The zero-order chi connectivity index (χ0) is 8.97. The highest BCUT2D eigenvalue weighted by Gasteiger charge is 2.08. The molecule has 0 saturated carbocycles. The van der Waals surface area contributed by atoms with Crippen molar-refractivity contribution in [3.8, 4) is 0 Å². The number of carbonyl (C=O) groups excluding carboxylic acids is 1. The van der Waals surface area contributed by atoms with Crippen molar-refractivity contribution in [2.75, 3.05) is 0 Å². The lowest BCUT2D eigenvalue weighted by molar-refractivity contribution is -0.121. The molecule has 3 nitrogen and oxygen atoms in total. The van der Waals surface area contributed by atoms with Gasteiger partial charge in [0.2, 0.25) is 5.91 Å². The van der Waals surface area contributed by atoms with Crippen LogP contribution in [-0.2, 0) is 4.79 Å². The maximum atomic E-state index is 11.0. The molecule has 0 bridgehead atoms. The van der Waals surface area contributed by atoms with Gasteiger partial charge in [0, 0.05) is 17.5 Å². The molecule has 0 aromatic carbocycles. The van der Waals surface area contributed by atoms with Crippen LogP contribution in [0.2, 0.25) is 0 Å². The Bertz CT molecular complexity index is 246. The summed E-state index contributed by atoms with van der Waals surface area (Å²) in [6, 6.07) is 0.0879. The van der Waals surface area contributed by atoms with E-state index in [0.717, 1.165) is 4.88 Å². The Kier molecular flexibility index (Phi) is 3.22. The van der Waals surface area contributed by atoms with Crippen molar-refractivity contribution in [3.63, 3.8) is 0 Å². The number of hydrogen-bond donors (Lipinski definition) is 1. The van der Waals surface area contributed by atoms with Crippen molar-refractivity contribution in [1.29, 1.82) is 0 Å². The molecule has 0 fully saturated rings. The summed E-state index contributed by atoms with van der Waals surface area (Å²) in [6.07, 6.45) is 2.31. The number of rotatable bonds is 3. The molecule has 0 aliphatic carbocycles. The molecule has 0 saturated heterocycles. The number of hydrogen-bond acceptors (Lipinski definition) is 3. The zero-order valence-corrected chi connectivity index (χ0v) is 8.02. The number of thiazole rings is 1. The Labute approximate surface area is 75.8 Å². The first-order chi connectivity index (χ1) is 5.74. The van der Waals surface area contributed by atoms with Crippen LogP contribution in [0.25, 0.3) is 0 Å². The molecule has 1 heterocycles. The number of amides is 1. The third kappa shape index (κ3) is 2.30. The predicted molar refractivity (Wildman–Crippen MR) is 49.0 cm³/mol. The molecular weight excluding hydrogens is 172 g/mol. The highest BCUT2D eigenvalue weighted by molar-refractivity contribution is 7.09. The van der Waals surface area contributed by atoms with Gasteiger partial charge in [-0.2, -0.15) is 0 Å². The van der Waals surface area contributed by atoms with Crippen LogP contribution in [0.5, 0.6) is 0 Å². The molecule has 0 aliphatic heterocycles. The van der Waals surface area contributed by atoms with Crippen LogP contribution in [0.1, 0.15) is 31.2 Å². The van der Waals surface area contributed by atoms with E-state index >= 15 is 0 Å². The summed E-state index contributed by atoms with van der Waals surface area (Å²) in [5.41, 5.74) is 1.77. The summed E-state index contributed by atoms with van der Waals surface area (Å²) in [7, 11) is 0. The van der Waals surface area contributed by atoms with Gasteiger partial charge >= 0.3 is 0 Å². The molecule has 1 atom stereocenters. The average molecular weight is 184 g/mol. The minimum absolute atomic E-state index is 0.0795. The Morgan fingerprint density at radius 1 is 1.83 bits per heavy atom. The number of carbonyl (C=O) groups is 1. The first-order valence-electron chi connectivity index (χ1n) is 3.91. The zero-order valence-electron chi connectivity index (χ0n) is 7.20. The monoisotopic (exact) mass is 184 g/mol. The Hall–Kier alpha value is -0.900. The standard InChI is InChI=1S/C8H12N2OS/c1-3-8(11)10-6(2)7-4-9-5-12-7/h4-6H,3H2,1-2H3,(H,10,11)/t6-/m0/s1. The minimum Gasteiger partial charge on any atom is -0.349 e. The van der Waals surface area contributed by atoms with Crippen LogP contribution in [-0.4, -0.2) is 10.9 Å². The lowest BCUT2D eigenvalue weighted by Gasteiger charge is -2.09. The van der Waals surface area contributed by atoms with E-state index in [9.17, 15) is 4.79 Å². The minimum atomic E-state index is 0.0795. The fourth-order valence-electron chi connectivity index (χ4n) is 0.854. The number of nitrogens with zero attached hydrogens (tertiary/aromatic N) is 1. The summed E-state index contributed by atoms with van der Waals surface area (Å²) in [5, 5.41) is 2.86. The summed E-state index contributed by atoms with van der Waals surface area (Å²) >= 11 is 1.56. The second-order valence-corrected chi connectivity index (χ2v) is 3.46. The fourth-order valence-corrected chi connectivity index (χ4v) is 1.48. The van der Waals surface area contributed by atoms with Crippen LogP contribution in [0.3, 0.4) is 0 Å². The quantitative estimate of drug-likeness (QED) is 0.777. The highest BCUT2D eigenvalue weighted by atomic mass is 32.1. The molecule has 1 rings (SSSR count). The Morgan fingerprint density at radius 3 is 3.08 bits per heavy atom. The summed E-state index contributed by atoms with van der Waals surface area (Å²) < 4.78 is 0. The maximum absolute atomic E-state index is 11.0. The van der Waals surface area contributed by atoms with Crippen molar-refractivity contribution < 1.29 is 4.79 Å². The normalized spacial score (nSPS) is 12.5. The van der Waals surface area contributed by atoms with E-state index in [1.54, 1.807) is 23.0 Å². The average Bonchev–Trinajstić information content (AvgIpc) is 2.56. The SMILES string of the molecule is CCC(=O)N[C@@H](C)c1cncs1. The van der Waals surface area contributed by atoms with Gasteiger partial charge in [-0.3, -0.25) is 9.78 Å². The van der Waals surface area contributed by atoms with E-state index in [1.165, 1.54) is 0 Å². The predicted octanol–water partition coefficient (Wildman–Crippen LogP) is 1.73. The fraction of sp³-hybridized carbons (Fsp3) is 0.500. The van der Waals surface area contributed by atoms with E-state index < -0.39 is 0 Å². The van der Waals surface area contributed by atoms with Gasteiger partial charge in [0.1, 0.15) is 0 Å². The van der Waals surface area contributed by atoms with E-state index in [2.05, 4.69) is 10.3 Å². The van der Waals surface area contributed by atoms with Gasteiger partial charge < -0.3 is 5.32 Å². The molecule has 1 aromatic heterocycles. The number of nitrogens with one attached hydrogen (secondary N) is 1. The highest BCUT2D eigenvalue weighted by Crippen LogP contribution is 2.15. The van der Waals surface area contributed by atoms with Crippen molar-refractivity contribution in [2.24, 2.45) is 0 Å². The van der Waals surface area contributed by atoms with Gasteiger partial charge in [-0.05, 0) is 6.92 Å². The molecule has 0 unspecified atom stereocenters. The molecular formula is C8H12N2OS. The van der Waals surface area contributed by atoms with Gasteiger partial charge in [0.05, 0.1) is 11.6 Å². The molecule has 1 aromatic rings. The van der Waals surface area contributed by atoms with Crippen LogP contribution < -0.4 is 5.32 Å². The number of aromatic nitrogens is 1. The summed E-state index contributed by atoms with van der Waals surface area (Å²) in [6.45, 7) is 3.80. The Balaban J connectivity index is 2.49. The third-order valence-corrected chi connectivity index (χ3v) is 2.54. The van der Waals surface area contributed by atoms with E-state index in [-0.39, 0.29) is 11.9 Å². The first-order valence-corrected chi connectivity index (χ1v) is 4.79. The molecule has 0 aliphatic rings. The van der Waals surface area contributed by atoms with Crippen LogP contribution >= 0.6 is 11.3 Å². The van der Waals surface area contributed by atoms with E-state index in [0.29, 0.717) is 6.42 Å². The van der Waals surface area contributed by atoms with Crippen LogP contribution in [0, 0.1) is 0 Å². The van der Waals surface area contributed by atoms with Gasteiger partial charge in [-0.25, -0.2) is 0 Å². The van der Waals surface area contributed by atoms with Gasteiger partial charge in [-0.15, -0.1) is 11.3 Å². The van der Waals surface area contributed by atoms with E-state index in [4.69, 9.17) is 0 Å². The lowest BCUT2D eigenvalue weighted by atomic mass is 10.3. The largest absolute Gasteiger partial charge is 0.349 e. The topological polar surface area (TPSA) is 42.0 Å². The van der Waals surface area contributed by atoms with E-state index in [1.807, 2.05) is 13.8 Å². The molecule has 1 N–H and O–H groups in total. The first kappa shape index (κ1) is 9.19. The molecule has 1 amide bonds. The lowest BCUT2D eigenvalue weighted by Crippen LogP contribution is -2.24. The van der Waals surface area contributed by atoms with Gasteiger partial charge in [0.25, 0.3) is 0 Å². The smallest absolute Gasteiger partial charge is 0.220 e. The van der Waals surface area contributed by atoms with Crippen molar-refractivity contribution in [2.45, 2.75) is 26.3 Å². The van der Waals surface area contributed by atoms with Gasteiger partial charge in [-0.1, -0.05) is 6.92 Å². The second-order valence-electron chi connectivity index (χ2n) is 2.55. The molecule has 66 valence electrons. The molecule has 4 heteroatoms. The van der Waals surface area contributed by atoms with Crippen molar-refractivity contribution in [1.82, 2.24) is 10.3 Å². The van der Waals surface area contributed by atoms with Gasteiger partial charge in [0.15, 0.2) is 0 Å². The van der Waals surface area contributed by atoms with Crippen LogP contribution in [0.15, 0.2) is 11.7 Å². The second kappa shape index (κ2) is 4.21.